The Morgan fingerprint density at radius 2 is 0.711 bits per heavy atom. The van der Waals surface area contributed by atoms with Crippen molar-refractivity contribution in [3.8, 4) is 39.1 Å². The standard InChI is InChI=1S/C44H29N/c1-4-14-30(15-5-1)33-25-27-38-39(28-33)43(32-18-8-3-9-19-32)37-26-24-34(31-16-6-2-7-17-31)29-40(37)44(38)45-41-22-12-10-20-35(41)36-21-11-13-23-42(36)45/h1-29H. The first kappa shape index (κ1) is 25.6. The molecular formula is C44H29N. The topological polar surface area (TPSA) is 4.93 Å². The fraction of sp³-hybridized carbons (Fsp3) is 0. The van der Waals surface area contributed by atoms with Crippen molar-refractivity contribution in [3.63, 3.8) is 0 Å². The van der Waals surface area contributed by atoms with E-state index in [0.29, 0.717) is 0 Å². The van der Waals surface area contributed by atoms with Crippen LogP contribution >= 0.6 is 0 Å². The lowest BCUT2D eigenvalue weighted by molar-refractivity contribution is 1.21. The summed E-state index contributed by atoms with van der Waals surface area (Å²) in [5.74, 6) is 0. The Bertz CT molecular complexity index is 2450. The number of fused-ring (bicyclic) bond motifs is 5. The van der Waals surface area contributed by atoms with Gasteiger partial charge in [0.2, 0.25) is 0 Å². The first-order valence-corrected chi connectivity index (χ1v) is 15.5. The zero-order valence-corrected chi connectivity index (χ0v) is 24.7. The van der Waals surface area contributed by atoms with Gasteiger partial charge in [0.05, 0.1) is 16.7 Å². The SMILES string of the molecule is c1ccc(-c2ccc3c(-n4c5ccccc5c5ccccc54)c4cc(-c5ccccc5)ccc4c(-c4ccccc4)c3c2)cc1. The summed E-state index contributed by atoms with van der Waals surface area (Å²) in [5.41, 5.74) is 11.0. The Kier molecular flexibility index (Phi) is 5.89. The van der Waals surface area contributed by atoms with Crippen molar-refractivity contribution < 1.29 is 0 Å². The van der Waals surface area contributed by atoms with Crippen LogP contribution in [0.3, 0.4) is 0 Å². The maximum atomic E-state index is 2.50. The van der Waals surface area contributed by atoms with Crippen LogP contribution in [0.2, 0.25) is 0 Å². The van der Waals surface area contributed by atoms with E-state index < -0.39 is 0 Å². The van der Waals surface area contributed by atoms with Crippen LogP contribution in [-0.2, 0) is 0 Å². The number of benzene rings is 8. The lowest BCUT2D eigenvalue weighted by Gasteiger charge is -2.21. The van der Waals surface area contributed by atoms with Crippen LogP contribution in [0, 0.1) is 0 Å². The molecule has 0 saturated carbocycles. The molecule has 9 aromatic rings. The molecule has 1 aromatic heterocycles. The smallest absolute Gasteiger partial charge is 0.0619 e. The normalized spacial score (nSPS) is 11.6. The van der Waals surface area contributed by atoms with Gasteiger partial charge in [-0.25, -0.2) is 0 Å². The van der Waals surface area contributed by atoms with Gasteiger partial charge in [-0.15, -0.1) is 0 Å². The van der Waals surface area contributed by atoms with E-state index in [1.54, 1.807) is 0 Å². The highest BCUT2D eigenvalue weighted by atomic mass is 15.0. The monoisotopic (exact) mass is 571 g/mol. The van der Waals surface area contributed by atoms with E-state index in [4.69, 9.17) is 0 Å². The van der Waals surface area contributed by atoms with Crippen LogP contribution in [0.15, 0.2) is 176 Å². The van der Waals surface area contributed by atoms with E-state index in [1.165, 1.54) is 82.4 Å². The average Bonchev–Trinajstić information content (AvgIpc) is 3.45. The summed E-state index contributed by atoms with van der Waals surface area (Å²) < 4.78 is 2.50. The highest BCUT2D eigenvalue weighted by molar-refractivity contribution is 6.21. The van der Waals surface area contributed by atoms with Crippen LogP contribution in [0.1, 0.15) is 0 Å². The van der Waals surface area contributed by atoms with Gasteiger partial charge in [-0.3, -0.25) is 0 Å². The lowest BCUT2D eigenvalue weighted by atomic mass is 9.87. The molecule has 0 aliphatic heterocycles. The number of hydrogen-bond donors (Lipinski definition) is 0. The van der Waals surface area contributed by atoms with E-state index in [-0.39, 0.29) is 0 Å². The van der Waals surface area contributed by atoms with Gasteiger partial charge >= 0.3 is 0 Å². The summed E-state index contributed by atoms with van der Waals surface area (Å²) >= 11 is 0. The van der Waals surface area contributed by atoms with Crippen molar-refractivity contribution in [3.05, 3.63) is 176 Å². The van der Waals surface area contributed by atoms with Crippen molar-refractivity contribution >= 4 is 43.4 Å². The van der Waals surface area contributed by atoms with Gasteiger partial charge in [0.15, 0.2) is 0 Å². The predicted molar refractivity (Wildman–Crippen MR) is 192 cm³/mol. The van der Waals surface area contributed by atoms with Crippen LogP contribution in [0.5, 0.6) is 0 Å². The Balaban J connectivity index is 1.51. The van der Waals surface area contributed by atoms with Crippen molar-refractivity contribution in [2.45, 2.75) is 0 Å². The van der Waals surface area contributed by atoms with Crippen LogP contribution in [0.4, 0.5) is 0 Å². The Hall–Kier alpha value is -5.92. The summed E-state index contributed by atoms with van der Waals surface area (Å²) in [5, 5.41) is 7.50. The minimum Gasteiger partial charge on any atom is -0.308 e. The number of nitrogens with zero attached hydrogens (tertiary/aromatic N) is 1. The van der Waals surface area contributed by atoms with Crippen molar-refractivity contribution in [1.29, 1.82) is 0 Å². The third-order valence-electron chi connectivity index (χ3n) is 9.17. The molecule has 0 bridgehead atoms. The second-order valence-electron chi connectivity index (χ2n) is 11.7. The van der Waals surface area contributed by atoms with Gasteiger partial charge in [-0.05, 0) is 68.4 Å². The predicted octanol–water partition coefficient (Wildman–Crippen LogP) is 12.1. The van der Waals surface area contributed by atoms with E-state index in [0.717, 1.165) is 0 Å². The van der Waals surface area contributed by atoms with E-state index in [2.05, 4.69) is 180 Å². The maximum absolute atomic E-state index is 2.50. The molecule has 0 unspecified atom stereocenters. The molecule has 210 valence electrons. The molecule has 0 radical (unpaired) electrons. The molecule has 0 saturated heterocycles. The highest BCUT2D eigenvalue weighted by Crippen LogP contribution is 2.46. The van der Waals surface area contributed by atoms with Crippen LogP contribution < -0.4 is 0 Å². The Morgan fingerprint density at radius 3 is 1.27 bits per heavy atom. The average molecular weight is 572 g/mol. The molecule has 0 spiro atoms. The van der Waals surface area contributed by atoms with Crippen molar-refractivity contribution in [2.75, 3.05) is 0 Å². The van der Waals surface area contributed by atoms with Crippen molar-refractivity contribution in [2.24, 2.45) is 0 Å². The lowest BCUT2D eigenvalue weighted by Crippen LogP contribution is -2.00. The van der Waals surface area contributed by atoms with Crippen LogP contribution in [0.25, 0.3) is 82.4 Å². The zero-order valence-electron chi connectivity index (χ0n) is 24.7. The van der Waals surface area contributed by atoms with Gasteiger partial charge < -0.3 is 4.57 Å². The van der Waals surface area contributed by atoms with E-state index in [9.17, 15) is 0 Å². The molecule has 0 aliphatic rings. The van der Waals surface area contributed by atoms with Crippen molar-refractivity contribution in [1.82, 2.24) is 4.57 Å². The number of aromatic nitrogens is 1. The van der Waals surface area contributed by atoms with Gasteiger partial charge in [-0.2, -0.15) is 0 Å². The van der Waals surface area contributed by atoms with Gasteiger partial charge in [0, 0.05) is 21.5 Å². The maximum Gasteiger partial charge on any atom is 0.0619 e. The van der Waals surface area contributed by atoms with E-state index in [1.807, 2.05) is 0 Å². The highest BCUT2D eigenvalue weighted by Gasteiger charge is 2.21. The first-order valence-electron chi connectivity index (χ1n) is 15.5. The fourth-order valence-electron chi connectivity index (χ4n) is 7.15. The molecule has 0 amide bonds. The molecule has 0 fully saturated rings. The Labute approximate surface area is 262 Å². The van der Waals surface area contributed by atoms with Gasteiger partial charge in [0.1, 0.15) is 0 Å². The fourth-order valence-corrected chi connectivity index (χ4v) is 7.15. The quantitative estimate of drug-likeness (QED) is 0.185. The first-order chi connectivity index (χ1) is 22.3. The number of para-hydroxylation sites is 2. The summed E-state index contributed by atoms with van der Waals surface area (Å²) in [6, 6.07) is 64.0. The molecule has 1 heterocycles. The molecule has 0 atom stereocenters. The summed E-state index contributed by atoms with van der Waals surface area (Å²) in [6.07, 6.45) is 0. The second kappa shape index (κ2) is 10.4. The minimum atomic E-state index is 1.21. The van der Waals surface area contributed by atoms with Crippen LogP contribution in [-0.4, -0.2) is 4.57 Å². The molecule has 1 heteroatoms. The molecule has 0 aliphatic carbocycles. The number of hydrogen-bond acceptors (Lipinski definition) is 0. The molecule has 45 heavy (non-hydrogen) atoms. The number of rotatable bonds is 4. The van der Waals surface area contributed by atoms with E-state index >= 15 is 0 Å². The molecular weight excluding hydrogens is 542 g/mol. The minimum absolute atomic E-state index is 1.21. The summed E-state index contributed by atoms with van der Waals surface area (Å²) in [6.45, 7) is 0. The Morgan fingerprint density at radius 1 is 0.267 bits per heavy atom. The second-order valence-corrected chi connectivity index (χ2v) is 11.7. The van der Waals surface area contributed by atoms with Gasteiger partial charge in [0.25, 0.3) is 0 Å². The summed E-state index contributed by atoms with van der Waals surface area (Å²) in [4.78, 5) is 0. The molecule has 8 aromatic carbocycles. The van der Waals surface area contributed by atoms with Gasteiger partial charge in [-0.1, -0.05) is 152 Å². The molecule has 1 nitrogen and oxygen atoms in total. The zero-order chi connectivity index (χ0) is 29.7. The third-order valence-corrected chi connectivity index (χ3v) is 9.17. The molecule has 0 N–H and O–H groups in total. The summed E-state index contributed by atoms with van der Waals surface area (Å²) in [7, 11) is 0. The third kappa shape index (κ3) is 4.09. The molecule has 9 rings (SSSR count). The largest absolute Gasteiger partial charge is 0.308 e.